The van der Waals surface area contributed by atoms with Crippen molar-refractivity contribution in [2.45, 2.75) is 0 Å². The first-order valence-corrected chi connectivity index (χ1v) is 57.4. The number of nitrogens with zero attached hydrogens (tertiary/aromatic N) is 13. The van der Waals surface area contributed by atoms with Gasteiger partial charge < -0.3 is 27.1 Å². The van der Waals surface area contributed by atoms with Crippen molar-refractivity contribution in [1.82, 2.24) is 28.7 Å². The first kappa shape index (κ1) is 85.8. The van der Waals surface area contributed by atoms with Gasteiger partial charge in [-0.3, -0.25) is 0 Å². The number of benzene rings is 8. The molecule has 0 fully saturated rings. The van der Waals surface area contributed by atoms with E-state index in [4.69, 9.17) is 214 Å². The van der Waals surface area contributed by atoms with Crippen molar-refractivity contribution >= 4 is 267 Å². The van der Waals surface area contributed by atoms with Gasteiger partial charge in [-0.1, -0.05) is 67.2 Å². The lowest BCUT2D eigenvalue weighted by Crippen LogP contribution is -2.17. The normalized spacial score (nSPS) is 12.8. The van der Waals surface area contributed by atoms with Crippen molar-refractivity contribution in [3.8, 4) is 34.5 Å². The molecule has 8 rings (SSSR count). The maximum atomic E-state index is 6.85. The zero-order chi connectivity index (χ0) is 75.7. The van der Waals surface area contributed by atoms with Crippen LogP contribution in [-0.4, -0.2) is 108 Å². The van der Waals surface area contributed by atoms with Gasteiger partial charge >= 0.3 is 19.9 Å². The lowest BCUT2D eigenvalue weighted by Gasteiger charge is -2.29. The molecule has 0 saturated carbocycles. The topological polar surface area (TPSA) is 161 Å². The van der Waals surface area contributed by atoms with Crippen LogP contribution in [-0.2, 0) is 82.6 Å². The molecule has 0 spiro atoms. The van der Waals surface area contributed by atoms with E-state index in [2.05, 4.69) is 27.0 Å². The van der Waals surface area contributed by atoms with Crippen LogP contribution < -0.4 is 37.8 Å². The van der Waals surface area contributed by atoms with Crippen LogP contribution in [0.3, 0.4) is 0 Å². The van der Waals surface area contributed by atoms with E-state index in [0.717, 1.165) is 10.6 Å². The fourth-order valence-electron chi connectivity index (χ4n) is 8.07. The Morgan fingerprint density at radius 1 is 0.288 bits per heavy atom. The second kappa shape index (κ2) is 38.2. The summed E-state index contributed by atoms with van der Waals surface area (Å²) in [5, 5.41) is 28.4. The van der Waals surface area contributed by atoms with Gasteiger partial charge in [-0.15, -0.1) is 0 Å². The molecule has 0 aromatic heterocycles. The summed E-state index contributed by atoms with van der Waals surface area (Å²) in [6, 6.07) is 61.8. The Bertz CT molecular complexity index is 4440. The minimum atomic E-state index is -3.80. The Morgan fingerprint density at radius 3 is 0.673 bits per heavy atom. The van der Waals surface area contributed by atoms with Gasteiger partial charge in [0.15, 0.2) is 0 Å². The van der Waals surface area contributed by atoms with Crippen molar-refractivity contribution in [1.29, 1.82) is 0 Å². The van der Waals surface area contributed by atoms with E-state index in [0.29, 0.717) is 67.9 Å². The van der Waals surface area contributed by atoms with Gasteiger partial charge in [0.2, 0.25) is 19.6 Å². The smallest absolute Gasteiger partial charge is 0.413 e. The fraction of sp³-hybridized carbons (Fsp3) is 0.0968. The largest absolute Gasteiger partial charge is 0.420 e. The number of rotatable bonds is 34. The first-order valence-electron chi connectivity index (χ1n) is 29.6. The molecule has 42 heteroatoms. The Balaban J connectivity index is 1.07. The van der Waals surface area contributed by atoms with E-state index < -0.39 is 46.6 Å². The molecule has 0 aliphatic heterocycles. The van der Waals surface area contributed by atoms with Crippen LogP contribution in [0.5, 0.6) is 34.5 Å². The van der Waals surface area contributed by atoms with Gasteiger partial charge in [-0.2, -0.15) is 35.1 Å². The van der Waals surface area contributed by atoms with E-state index >= 15 is 0 Å². The number of hydrogen-bond acceptors (Lipinski definition) is 19. The summed E-state index contributed by atoms with van der Waals surface area (Å²) in [5.74, 6) is 4.10. The zero-order valence-electron chi connectivity index (χ0n) is 55.1. The molecule has 104 heavy (non-hydrogen) atoms. The Hall–Kier alpha value is -3.78. The third-order valence-corrected chi connectivity index (χ3v) is 37.3. The minimum Gasteiger partial charge on any atom is -0.420 e. The molecule has 0 N–H and O–H groups in total. The van der Waals surface area contributed by atoms with Gasteiger partial charge in [0.1, 0.15) is 34.5 Å². The van der Waals surface area contributed by atoms with Crippen molar-refractivity contribution in [3.05, 3.63) is 252 Å². The fourth-order valence-corrected chi connectivity index (χ4v) is 21.1. The average molecular weight is 1840 g/mol. The van der Waals surface area contributed by atoms with Crippen LogP contribution in [0.15, 0.2) is 254 Å². The van der Waals surface area contributed by atoms with Crippen LogP contribution in [0.1, 0.15) is 33.4 Å². The van der Waals surface area contributed by atoms with Gasteiger partial charge in [-0.05, 0) is 322 Å². The van der Waals surface area contributed by atoms with Crippen molar-refractivity contribution < 1.29 is 27.1 Å². The summed E-state index contributed by atoms with van der Waals surface area (Å²) >= 11 is 88.9. The molecular weight excluding hydrogens is 1780 g/mol. The van der Waals surface area contributed by atoms with Crippen LogP contribution >= 0.6 is 136 Å². The summed E-state index contributed by atoms with van der Waals surface area (Å²) in [6.07, 6.45) is 9.49. The Labute approximate surface area is 679 Å². The van der Waals surface area contributed by atoms with Crippen molar-refractivity contribution in [3.63, 3.8) is 0 Å². The molecule has 8 aromatic rings. The molecule has 0 aliphatic carbocycles. The Kier molecular flexibility index (Phi) is 31.6. The number of halogens is 8. The van der Waals surface area contributed by atoms with Crippen LogP contribution in [0.25, 0.3) is 0 Å². The highest BCUT2D eigenvalue weighted by atomic mass is 35.9. The summed E-state index contributed by atoms with van der Waals surface area (Å²) in [5.41, 5.74) is 4.12. The second-order valence-corrected chi connectivity index (χ2v) is 64.6. The molecule has 0 aliphatic rings. The first-order chi connectivity index (χ1) is 48.9. The second-order valence-electron chi connectivity index (χ2n) is 21.1. The molecule has 0 saturated heterocycles. The van der Waals surface area contributed by atoms with E-state index in [1.54, 1.807) is 225 Å². The van der Waals surface area contributed by atoms with Crippen LogP contribution in [0.4, 0.5) is 0 Å². The number of hydrogen-bond donors (Lipinski definition) is 0. The summed E-state index contributed by atoms with van der Waals surface area (Å²) in [6.45, 7) is -6.53. The SMILES string of the molecule is C=CP(=NP(=S)(Oc1ccc(/C=N/N(C)P(=S)(Oc2ccc(/C=N/N(C)P(=S)(Cl)Cl)cc2)Oc2ccc(/C=N/N(C)P(=S)(Cl)Cl)cc2)cc1)Oc1ccc(/C=N/N(C)P(=S)(Oc2ccc(/C=N/N(C)P(=S)(Cl)Cl)cc2)Oc2ccc(/C=N/N(C)P(=S)(Cl)Cl)cc2)cc1)(c1ccccc1)c1ccccc1. The molecule has 0 radical (unpaired) electrons. The third-order valence-electron chi connectivity index (χ3n) is 13.7. The third kappa shape index (κ3) is 25.9. The molecule has 19 nitrogen and oxygen atoms in total. The Morgan fingerprint density at radius 2 is 0.481 bits per heavy atom. The van der Waals surface area contributed by atoms with Crippen molar-refractivity contribution in [2.24, 2.45) is 35.1 Å². The minimum absolute atomic E-state index is 0.356. The molecule has 0 bridgehead atoms. The highest BCUT2D eigenvalue weighted by Gasteiger charge is 2.33. The van der Waals surface area contributed by atoms with E-state index in [1.807, 2.05) is 66.5 Å². The van der Waals surface area contributed by atoms with Crippen LogP contribution in [0, 0.1) is 0 Å². The molecule has 0 unspecified atom stereocenters. The van der Waals surface area contributed by atoms with Gasteiger partial charge in [0.25, 0.3) is 0 Å². The van der Waals surface area contributed by atoms with Crippen LogP contribution in [0.2, 0.25) is 0 Å². The maximum absolute atomic E-state index is 6.85. The average Bonchev–Trinajstić information content (AvgIpc) is 0.757. The maximum Gasteiger partial charge on any atom is 0.413 e. The van der Waals surface area contributed by atoms with E-state index in [-0.39, 0.29) is 0 Å². The summed E-state index contributed by atoms with van der Waals surface area (Å²) in [7, 11) is 6.79. The quantitative estimate of drug-likeness (QED) is 0.0212. The van der Waals surface area contributed by atoms with Gasteiger partial charge in [0, 0.05) is 88.3 Å². The lowest BCUT2D eigenvalue weighted by atomic mass is 10.2. The summed E-state index contributed by atoms with van der Waals surface area (Å²) in [4.78, 5) is -11.3. The molecule has 0 amide bonds. The summed E-state index contributed by atoms with van der Waals surface area (Å²) < 4.78 is 53.6. The molecule has 8 aromatic carbocycles. The standard InChI is InChI=1S/C62H61Cl8N13O6P8S7/c1-8-90(61-15-11-9-12-16-61,62-17-13-10-14-18-62)77-95(102,84-55-31-19-53(20-32-55)47-75-82(6)96(103,86-57-35-23-49(24-36-57)43-71-78(2)91(63,64)98)87-58-37-25-50(26-38-58)44-72-79(3)92(65,66)99)85-56-33-21-54(22-34-56)48-76-83(7)97(104,88-59-39-27-51(28-40-59)45-73-80(4)93(67,68)100)89-60-41-29-52(30-42-60)46-74-81(5)94(69,70)101/h8-48H,1H2,2-7H3/b71-43+,72-44+,73-45+,74-46+,75-47+,76-48+. The molecule has 0 heterocycles. The van der Waals surface area contributed by atoms with E-state index in [1.165, 1.54) is 28.7 Å². The van der Waals surface area contributed by atoms with Gasteiger partial charge in [-0.25, -0.2) is 28.7 Å². The highest BCUT2D eigenvalue weighted by molar-refractivity contribution is 8.39. The predicted octanol–water partition coefficient (Wildman–Crippen LogP) is 22.5. The molecule has 0 atom stereocenters. The molecule has 548 valence electrons. The number of hydrazone groups is 6. The van der Waals surface area contributed by atoms with E-state index in [9.17, 15) is 0 Å². The van der Waals surface area contributed by atoms with Crippen molar-refractivity contribution in [2.75, 3.05) is 42.3 Å². The van der Waals surface area contributed by atoms with Gasteiger partial charge in [0.05, 0.1) is 44.3 Å². The monoisotopic (exact) mass is 1830 g/mol. The highest BCUT2D eigenvalue weighted by Crippen LogP contribution is 2.64. The lowest BCUT2D eigenvalue weighted by molar-refractivity contribution is 0.395. The predicted molar refractivity (Wildman–Crippen MR) is 473 cm³/mol. The molecular formula is C62H61Cl8N13O6P8S7. The zero-order valence-corrected chi connectivity index (χ0v) is 74.0.